The Kier molecular flexibility index (Phi) is 10.4. The minimum Gasteiger partial charge on any atom is -0.396 e. The molecule has 19 heavy (non-hydrogen) atoms. The fraction of sp³-hybridized carbons (Fsp3) is 0.688. The lowest BCUT2D eigenvalue weighted by Gasteiger charge is -2.30. The highest BCUT2D eigenvalue weighted by molar-refractivity contribution is 5.78. The van der Waals surface area contributed by atoms with Crippen LogP contribution in [0.15, 0.2) is 28.9 Å². The first-order valence-corrected chi connectivity index (χ1v) is 7.33. The highest BCUT2D eigenvalue weighted by Gasteiger charge is 2.18. The molecule has 1 aliphatic heterocycles. The van der Waals surface area contributed by atoms with Crippen molar-refractivity contribution in [3.8, 4) is 0 Å². The summed E-state index contributed by atoms with van der Waals surface area (Å²) in [6, 6.07) is 0. The molecule has 1 saturated heterocycles. The van der Waals surface area contributed by atoms with Crippen LogP contribution in [0.2, 0.25) is 0 Å². The Hall–Kier alpha value is -0.930. The molecule has 1 aliphatic rings. The largest absolute Gasteiger partial charge is 0.396 e. The molecule has 0 spiro atoms. The Morgan fingerprint density at radius 1 is 1.37 bits per heavy atom. The normalized spacial score (nSPS) is 18.3. The first-order chi connectivity index (χ1) is 9.15. The van der Waals surface area contributed by atoms with Crippen molar-refractivity contribution in [1.29, 1.82) is 0 Å². The lowest BCUT2D eigenvalue weighted by Crippen LogP contribution is -2.36. The zero-order valence-corrected chi connectivity index (χ0v) is 13.0. The molecule has 0 unspecified atom stereocenters. The van der Waals surface area contributed by atoms with Gasteiger partial charge in [-0.1, -0.05) is 26.5 Å². The maximum atomic E-state index is 9.07. The summed E-state index contributed by atoms with van der Waals surface area (Å²) < 4.78 is 0. The zero-order valence-electron chi connectivity index (χ0n) is 13.0. The molecule has 0 amide bonds. The molecule has 1 N–H and O–H groups in total. The van der Waals surface area contributed by atoms with Gasteiger partial charge in [0.1, 0.15) is 0 Å². The lowest BCUT2D eigenvalue weighted by atomic mass is 9.98. The first kappa shape index (κ1) is 18.1. The van der Waals surface area contributed by atoms with Crippen LogP contribution in [0.5, 0.6) is 0 Å². The summed E-state index contributed by atoms with van der Waals surface area (Å²) >= 11 is 0. The van der Waals surface area contributed by atoms with E-state index < -0.39 is 0 Å². The van der Waals surface area contributed by atoms with Gasteiger partial charge in [0.2, 0.25) is 0 Å². The van der Waals surface area contributed by atoms with Crippen LogP contribution in [0.4, 0.5) is 0 Å². The average Bonchev–Trinajstić information content (AvgIpc) is 2.47. The van der Waals surface area contributed by atoms with Crippen molar-refractivity contribution in [3.05, 3.63) is 23.9 Å². The van der Waals surface area contributed by atoms with E-state index in [1.807, 2.05) is 40.0 Å². The SMILES string of the molecule is C=C(C=N/C(C)=C\C)CN1CCC(CO)CC1.CC. The molecule has 1 heterocycles. The highest BCUT2D eigenvalue weighted by Crippen LogP contribution is 2.16. The van der Waals surface area contributed by atoms with E-state index in [1.165, 1.54) is 0 Å². The minimum absolute atomic E-state index is 0.330. The second kappa shape index (κ2) is 10.9. The van der Waals surface area contributed by atoms with Crippen LogP contribution in [-0.2, 0) is 0 Å². The molecule has 0 aliphatic carbocycles. The van der Waals surface area contributed by atoms with Gasteiger partial charge in [-0.3, -0.25) is 9.89 Å². The Morgan fingerprint density at radius 3 is 2.42 bits per heavy atom. The van der Waals surface area contributed by atoms with Crippen molar-refractivity contribution >= 4 is 6.21 Å². The summed E-state index contributed by atoms with van der Waals surface area (Å²) in [6.07, 6.45) is 6.02. The topological polar surface area (TPSA) is 35.8 Å². The Labute approximate surface area is 118 Å². The molecule has 1 fully saturated rings. The molecule has 0 bridgehead atoms. The van der Waals surface area contributed by atoms with Gasteiger partial charge in [-0.05, 0) is 51.3 Å². The predicted octanol–water partition coefficient (Wildman–Crippen LogP) is 3.27. The van der Waals surface area contributed by atoms with E-state index >= 15 is 0 Å². The van der Waals surface area contributed by atoms with E-state index in [1.54, 1.807) is 0 Å². The third-order valence-electron chi connectivity index (χ3n) is 3.26. The van der Waals surface area contributed by atoms with Gasteiger partial charge in [0, 0.05) is 25.1 Å². The van der Waals surface area contributed by atoms with Gasteiger partial charge in [-0.15, -0.1) is 0 Å². The monoisotopic (exact) mass is 266 g/mol. The fourth-order valence-corrected chi connectivity index (χ4v) is 1.92. The number of piperidine rings is 1. The van der Waals surface area contributed by atoms with Gasteiger partial charge in [0.25, 0.3) is 0 Å². The Morgan fingerprint density at radius 2 is 1.95 bits per heavy atom. The van der Waals surface area contributed by atoms with Crippen LogP contribution < -0.4 is 0 Å². The smallest absolute Gasteiger partial charge is 0.0460 e. The molecule has 3 heteroatoms. The van der Waals surface area contributed by atoms with Crippen LogP contribution in [0, 0.1) is 5.92 Å². The quantitative estimate of drug-likeness (QED) is 0.775. The average molecular weight is 266 g/mol. The molecule has 110 valence electrons. The second-order valence-corrected chi connectivity index (χ2v) is 4.75. The van der Waals surface area contributed by atoms with Gasteiger partial charge in [0.05, 0.1) is 0 Å². The minimum atomic E-state index is 0.330. The number of rotatable bonds is 5. The number of aliphatic imine (C=N–C) groups is 1. The van der Waals surface area contributed by atoms with Crippen molar-refractivity contribution in [3.63, 3.8) is 0 Å². The second-order valence-electron chi connectivity index (χ2n) is 4.75. The van der Waals surface area contributed by atoms with Crippen molar-refractivity contribution in [2.75, 3.05) is 26.2 Å². The first-order valence-electron chi connectivity index (χ1n) is 7.33. The summed E-state index contributed by atoms with van der Waals surface area (Å²) in [5, 5.41) is 9.07. The Bertz CT molecular complexity index is 300. The molecule has 0 aromatic carbocycles. The van der Waals surface area contributed by atoms with E-state index in [0.717, 1.165) is 43.7 Å². The van der Waals surface area contributed by atoms with Gasteiger partial charge in [0.15, 0.2) is 0 Å². The predicted molar refractivity (Wildman–Crippen MR) is 84.7 cm³/mol. The van der Waals surface area contributed by atoms with Gasteiger partial charge < -0.3 is 5.11 Å². The van der Waals surface area contributed by atoms with Crippen LogP contribution in [0.25, 0.3) is 0 Å². The van der Waals surface area contributed by atoms with Crippen LogP contribution in [0.1, 0.15) is 40.5 Å². The summed E-state index contributed by atoms with van der Waals surface area (Å²) in [4.78, 5) is 6.69. The maximum absolute atomic E-state index is 9.07. The van der Waals surface area contributed by atoms with Crippen LogP contribution >= 0.6 is 0 Å². The molecule has 0 atom stereocenters. The zero-order chi connectivity index (χ0) is 14.7. The van der Waals surface area contributed by atoms with Crippen molar-refractivity contribution in [2.45, 2.75) is 40.5 Å². The molecule has 1 rings (SSSR count). The molecular weight excluding hydrogens is 236 g/mol. The van der Waals surface area contributed by atoms with E-state index in [9.17, 15) is 0 Å². The standard InChI is InChI=1S/C14H24N2O.C2H6/c1-4-13(3)15-9-12(2)10-16-7-5-14(11-17)6-8-16;1-2/h4,9,14,17H,2,5-8,10-11H2,1,3H3;1-2H3/b13-4-,15-9?;. The number of hydrogen-bond acceptors (Lipinski definition) is 3. The highest BCUT2D eigenvalue weighted by atomic mass is 16.3. The van der Waals surface area contributed by atoms with Gasteiger partial charge in [-0.25, -0.2) is 0 Å². The van der Waals surface area contributed by atoms with Crippen LogP contribution in [0.3, 0.4) is 0 Å². The van der Waals surface area contributed by atoms with Gasteiger partial charge >= 0.3 is 0 Å². The van der Waals surface area contributed by atoms with Crippen molar-refractivity contribution in [2.24, 2.45) is 10.9 Å². The number of allylic oxidation sites excluding steroid dienone is 2. The maximum Gasteiger partial charge on any atom is 0.0460 e. The fourth-order valence-electron chi connectivity index (χ4n) is 1.92. The van der Waals surface area contributed by atoms with E-state index in [4.69, 9.17) is 5.11 Å². The molecule has 3 nitrogen and oxygen atoms in total. The third-order valence-corrected chi connectivity index (χ3v) is 3.26. The number of likely N-dealkylation sites (tertiary alicyclic amines) is 1. The summed E-state index contributed by atoms with van der Waals surface area (Å²) in [5.74, 6) is 0.499. The lowest BCUT2D eigenvalue weighted by molar-refractivity contribution is 0.139. The summed E-state index contributed by atoms with van der Waals surface area (Å²) in [5.41, 5.74) is 2.07. The molecule has 0 aromatic heterocycles. The third kappa shape index (κ3) is 7.96. The van der Waals surface area contributed by atoms with E-state index in [2.05, 4.69) is 16.5 Å². The molecule has 0 radical (unpaired) electrons. The van der Waals surface area contributed by atoms with Crippen LogP contribution in [-0.4, -0.2) is 42.5 Å². The Balaban J connectivity index is 0.00000154. The number of aliphatic hydroxyl groups excluding tert-OH is 1. The van der Waals surface area contributed by atoms with Gasteiger partial charge in [-0.2, -0.15) is 0 Å². The molecule has 0 saturated carbocycles. The number of nitrogens with zero attached hydrogens (tertiary/aromatic N) is 2. The number of hydrogen-bond donors (Lipinski definition) is 1. The number of aliphatic hydroxyl groups is 1. The van der Waals surface area contributed by atoms with Crippen molar-refractivity contribution in [1.82, 2.24) is 4.90 Å². The van der Waals surface area contributed by atoms with E-state index in [0.29, 0.717) is 12.5 Å². The molecular formula is C16H30N2O. The van der Waals surface area contributed by atoms with E-state index in [-0.39, 0.29) is 0 Å². The summed E-state index contributed by atoms with van der Waals surface area (Å²) in [7, 11) is 0. The summed E-state index contributed by atoms with van der Waals surface area (Å²) in [6.45, 7) is 15.3. The van der Waals surface area contributed by atoms with Crippen molar-refractivity contribution < 1.29 is 5.11 Å². The molecule has 0 aromatic rings.